The molecule has 2 atom stereocenters. The molecule has 0 saturated heterocycles. The number of hydrogen-bond donors (Lipinski definition) is 2. The Morgan fingerprint density at radius 1 is 1.38 bits per heavy atom. The van der Waals surface area contributed by atoms with E-state index in [0.29, 0.717) is 19.8 Å². The maximum atomic E-state index is 11.5. The number of nitrogens with two attached hydrogens (primary N) is 1. The maximum Gasteiger partial charge on any atom is 0.250 e. The smallest absolute Gasteiger partial charge is 0.250 e. The predicted octanol–water partition coefficient (Wildman–Crippen LogP) is -0.652. The summed E-state index contributed by atoms with van der Waals surface area (Å²) in [7, 11) is 3.27. The number of carbonyl (C=O) groups excluding carboxylic acids is 1. The Labute approximate surface area is 97.0 Å². The van der Waals surface area contributed by atoms with Crippen LogP contribution in [-0.2, 0) is 14.3 Å². The number of hydrogen-bond acceptors (Lipinski definition) is 5. The largest absolute Gasteiger partial charge is 0.383 e. The molecule has 0 aromatic carbocycles. The molecule has 6 heteroatoms. The van der Waals surface area contributed by atoms with Crippen molar-refractivity contribution in [2.75, 3.05) is 34.0 Å². The summed E-state index contributed by atoms with van der Waals surface area (Å²) in [6.07, 6.45) is 0. The van der Waals surface area contributed by atoms with Gasteiger partial charge in [0.1, 0.15) is 0 Å². The average Bonchev–Trinajstić information content (AvgIpc) is 2.28. The predicted molar refractivity (Wildman–Crippen MR) is 61.7 cm³/mol. The third kappa shape index (κ3) is 4.89. The molecule has 0 aliphatic rings. The molecule has 2 unspecified atom stereocenters. The number of hydrazine groups is 1. The van der Waals surface area contributed by atoms with Crippen molar-refractivity contribution in [3.8, 4) is 0 Å². The highest BCUT2D eigenvalue weighted by molar-refractivity contribution is 5.80. The Morgan fingerprint density at radius 2 is 2.00 bits per heavy atom. The first-order chi connectivity index (χ1) is 7.58. The van der Waals surface area contributed by atoms with Crippen LogP contribution >= 0.6 is 0 Å². The maximum absolute atomic E-state index is 11.5. The zero-order chi connectivity index (χ0) is 12.6. The van der Waals surface area contributed by atoms with Crippen molar-refractivity contribution < 1.29 is 14.3 Å². The third-order valence-electron chi connectivity index (χ3n) is 2.55. The summed E-state index contributed by atoms with van der Waals surface area (Å²) in [4.78, 5) is 13.5. The normalized spacial score (nSPS) is 14.9. The van der Waals surface area contributed by atoms with Gasteiger partial charge in [-0.1, -0.05) is 0 Å². The standard InChI is InChI=1S/C10H23N3O3/c1-8(7-16-4)13(5-6-15-3)9(2)10(14)12-11/h8-9H,5-7,11H2,1-4H3,(H,12,14). The lowest BCUT2D eigenvalue weighted by Crippen LogP contribution is -2.52. The van der Waals surface area contributed by atoms with Crippen LogP contribution in [0, 0.1) is 0 Å². The number of methoxy groups -OCH3 is 2. The summed E-state index contributed by atoms with van der Waals surface area (Å²) < 4.78 is 10.1. The van der Waals surface area contributed by atoms with Crippen LogP contribution in [0.5, 0.6) is 0 Å². The Morgan fingerprint density at radius 3 is 2.44 bits per heavy atom. The summed E-state index contributed by atoms with van der Waals surface area (Å²) in [6.45, 7) is 5.60. The van der Waals surface area contributed by atoms with Gasteiger partial charge in [0, 0.05) is 26.8 Å². The van der Waals surface area contributed by atoms with Crippen LogP contribution in [0.3, 0.4) is 0 Å². The first-order valence-corrected chi connectivity index (χ1v) is 5.32. The fraction of sp³-hybridized carbons (Fsp3) is 0.900. The van der Waals surface area contributed by atoms with Crippen molar-refractivity contribution in [3.05, 3.63) is 0 Å². The highest BCUT2D eigenvalue weighted by atomic mass is 16.5. The highest BCUT2D eigenvalue weighted by Gasteiger charge is 2.24. The second-order valence-electron chi connectivity index (χ2n) is 3.72. The molecular formula is C10H23N3O3. The Kier molecular flexibility index (Phi) is 8.10. The molecule has 6 nitrogen and oxygen atoms in total. The van der Waals surface area contributed by atoms with E-state index in [2.05, 4.69) is 5.43 Å². The number of nitrogens with zero attached hydrogens (tertiary/aromatic N) is 1. The molecule has 3 N–H and O–H groups in total. The summed E-state index contributed by atoms with van der Waals surface area (Å²) in [5.74, 6) is 4.92. The van der Waals surface area contributed by atoms with Crippen LogP contribution < -0.4 is 11.3 Å². The van der Waals surface area contributed by atoms with Gasteiger partial charge in [0.25, 0.3) is 5.91 Å². The molecule has 0 aliphatic heterocycles. The van der Waals surface area contributed by atoms with Gasteiger partial charge in [-0.05, 0) is 13.8 Å². The number of carbonyl (C=O) groups is 1. The molecule has 0 heterocycles. The van der Waals surface area contributed by atoms with Crippen LogP contribution in [0.15, 0.2) is 0 Å². The Bertz CT molecular complexity index is 202. The molecule has 16 heavy (non-hydrogen) atoms. The van der Waals surface area contributed by atoms with E-state index in [1.54, 1.807) is 14.2 Å². The van der Waals surface area contributed by atoms with Crippen LogP contribution in [0.2, 0.25) is 0 Å². The van der Waals surface area contributed by atoms with Crippen molar-refractivity contribution in [3.63, 3.8) is 0 Å². The van der Waals surface area contributed by atoms with Crippen molar-refractivity contribution in [2.24, 2.45) is 5.84 Å². The number of ether oxygens (including phenoxy) is 2. The third-order valence-corrected chi connectivity index (χ3v) is 2.55. The summed E-state index contributed by atoms with van der Waals surface area (Å²) in [5.41, 5.74) is 2.16. The van der Waals surface area contributed by atoms with Crippen molar-refractivity contribution >= 4 is 5.91 Å². The molecule has 0 radical (unpaired) electrons. The second kappa shape index (κ2) is 8.46. The molecule has 96 valence electrons. The average molecular weight is 233 g/mol. The molecule has 0 bridgehead atoms. The number of amides is 1. The second-order valence-corrected chi connectivity index (χ2v) is 3.72. The molecule has 0 aromatic heterocycles. The van der Waals surface area contributed by atoms with Gasteiger partial charge in [0.15, 0.2) is 0 Å². The highest BCUT2D eigenvalue weighted by Crippen LogP contribution is 2.06. The molecule has 0 aliphatic carbocycles. The van der Waals surface area contributed by atoms with Gasteiger partial charge < -0.3 is 9.47 Å². The first-order valence-electron chi connectivity index (χ1n) is 5.32. The van der Waals surface area contributed by atoms with Gasteiger partial charge in [-0.2, -0.15) is 0 Å². The summed E-state index contributed by atoms with van der Waals surface area (Å²) in [5, 5.41) is 0. The van der Waals surface area contributed by atoms with Gasteiger partial charge in [-0.15, -0.1) is 0 Å². The fourth-order valence-corrected chi connectivity index (χ4v) is 1.60. The zero-order valence-corrected chi connectivity index (χ0v) is 10.5. The van der Waals surface area contributed by atoms with Crippen molar-refractivity contribution in [2.45, 2.75) is 25.9 Å². The topological polar surface area (TPSA) is 76.8 Å². The first kappa shape index (κ1) is 15.3. The molecular weight excluding hydrogens is 210 g/mol. The van der Waals surface area contributed by atoms with E-state index in [-0.39, 0.29) is 18.0 Å². The van der Waals surface area contributed by atoms with E-state index in [1.165, 1.54) is 0 Å². The Balaban J connectivity index is 4.44. The molecule has 0 rings (SSSR count). The minimum absolute atomic E-state index is 0.132. The van der Waals surface area contributed by atoms with E-state index in [0.717, 1.165) is 0 Å². The van der Waals surface area contributed by atoms with E-state index in [9.17, 15) is 4.79 Å². The van der Waals surface area contributed by atoms with Gasteiger partial charge in [0.2, 0.25) is 0 Å². The van der Waals surface area contributed by atoms with E-state index in [4.69, 9.17) is 15.3 Å². The zero-order valence-electron chi connectivity index (χ0n) is 10.5. The SMILES string of the molecule is COCCN(C(C)COC)C(C)C(=O)NN. The quantitative estimate of drug-likeness (QED) is 0.331. The van der Waals surface area contributed by atoms with Crippen molar-refractivity contribution in [1.29, 1.82) is 0 Å². The lowest BCUT2D eigenvalue weighted by Gasteiger charge is -2.32. The molecule has 0 fully saturated rings. The van der Waals surface area contributed by atoms with Gasteiger partial charge in [-0.25, -0.2) is 5.84 Å². The number of nitrogens with one attached hydrogen (secondary N) is 1. The van der Waals surface area contributed by atoms with Crippen LogP contribution in [-0.4, -0.2) is 56.9 Å². The van der Waals surface area contributed by atoms with E-state index >= 15 is 0 Å². The van der Waals surface area contributed by atoms with Crippen LogP contribution in [0.1, 0.15) is 13.8 Å². The minimum Gasteiger partial charge on any atom is -0.383 e. The minimum atomic E-state index is -0.301. The van der Waals surface area contributed by atoms with Crippen LogP contribution in [0.25, 0.3) is 0 Å². The number of rotatable bonds is 8. The lowest BCUT2D eigenvalue weighted by molar-refractivity contribution is -0.127. The molecule has 0 aromatic rings. The molecule has 0 spiro atoms. The van der Waals surface area contributed by atoms with Gasteiger partial charge in [-0.3, -0.25) is 15.1 Å². The fourth-order valence-electron chi connectivity index (χ4n) is 1.60. The monoisotopic (exact) mass is 233 g/mol. The van der Waals surface area contributed by atoms with Crippen molar-refractivity contribution in [1.82, 2.24) is 10.3 Å². The summed E-state index contributed by atoms with van der Waals surface area (Å²) in [6, 6.07) is -0.169. The lowest BCUT2D eigenvalue weighted by atomic mass is 10.2. The van der Waals surface area contributed by atoms with Crippen LogP contribution in [0.4, 0.5) is 0 Å². The van der Waals surface area contributed by atoms with E-state index in [1.807, 2.05) is 18.7 Å². The van der Waals surface area contributed by atoms with E-state index < -0.39 is 0 Å². The van der Waals surface area contributed by atoms with Gasteiger partial charge >= 0.3 is 0 Å². The molecule has 1 amide bonds. The Hall–Kier alpha value is -0.690. The molecule has 0 saturated carbocycles. The van der Waals surface area contributed by atoms with Gasteiger partial charge in [0.05, 0.1) is 19.3 Å². The summed E-state index contributed by atoms with van der Waals surface area (Å²) >= 11 is 0.